The fourth-order valence-electron chi connectivity index (χ4n) is 4.36. The number of hydrogen-bond acceptors (Lipinski definition) is 12. The molecule has 4 rings (SSSR count). The molecular weight excluding hydrogens is 504 g/mol. The third-order valence-corrected chi connectivity index (χ3v) is 6.59. The summed E-state index contributed by atoms with van der Waals surface area (Å²) in [6, 6.07) is -0.400. The van der Waals surface area contributed by atoms with Crippen molar-refractivity contribution in [3.05, 3.63) is 48.3 Å². The molecule has 4 unspecified atom stereocenters. The number of piperazine rings is 2. The number of nitrogens with zero attached hydrogens (tertiary/aromatic N) is 2. The Bertz CT molecular complexity index is 1110. The number of esters is 2. The molecule has 202 valence electrons. The minimum atomic E-state index is -1.02. The van der Waals surface area contributed by atoms with Crippen LogP contribution in [0.4, 0.5) is 0 Å². The fourth-order valence-corrected chi connectivity index (χ4v) is 4.36. The molecule has 2 aliphatic heterocycles. The predicted molar refractivity (Wildman–Crippen MR) is 124 cm³/mol. The SMILES string of the molecule is CC(C(C)N1CC(=O)NC(=O)C1COC(=O)c1ccoc1)N1CC(=O)NC(=O)C1COC(=O)c1ccoc1. The standard InChI is InChI=1S/C24H26N4O10/c1-13(27-7-19(29)25-21(31)17(27)11-37-23(33)15-3-5-35-9-15)14(2)28-8-20(30)26-22(32)18(28)12-38-24(34)16-4-6-36-10-16/h3-6,9-10,13-14,17-18H,7-8,11-12H2,1-2H3,(H,25,29,31)(H,26,30,32). The summed E-state index contributed by atoms with van der Waals surface area (Å²) >= 11 is 0. The minimum absolute atomic E-state index is 0.163. The van der Waals surface area contributed by atoms with Crippen molar-refractivity contribution in [2.24, 2.45) is 0 Å². The van der Waals surface area contributed by atoms with Crippen molar-refractivity contribution in [3.63, 3.8) is 0 Å². The Hall–Kier alpha value is -4.30. The lowest BCUT2D eigenvalue weighted by molar-refractivity contribution is -0.149. The first-order chi connectivity index (χ1) is 18.2. The normalized spacial score (nSPS) is 22.4. The number of ether oxygens (including phenoxy) is 2. The lowest BCUT2D eigenvalue weighted by Crippen LogP contribution is -2.68. The first-order valence-corrected chi connectivity index (χ1v) is 11.7. The molecule has 4 heterocycles. The molecule has 38 heavy (non-hydrogen) atoms. The highest BCUT2D eigenvalue weighted by Gasteiger charge is 2.44. The molecule has 0 aromatic carbocycles. The summed E-state index contributed by atoms with van der Waals surface area (Å²) < 4.78 is 20.3. The van der Waals surface area contributed by atoms with Gasteiger partial charge >= 0.3 is 11.9 Å². The summed E-state index contributed by atoms with van der Waals surface area (Å²) in [6.45, 7) is 2.33. The summed E-state index contributed by atoms with van der Waals surface area (Å²) in [7, 11) is 0. The van der Waals surface area contributed by atoms with Crippen molar-refractivity contribution in [3.8, 4) is 0 Å². The summed E-state index contributed by atoms with van der Waals surface area (Å²) in [5, 5.41) is 4.47. The number of furan rings is 2. The van der Waals surface area contributed by atoms with E-state index in [2.05, 4.69) is 10.6 Å². The molecule has 0 saturated carbocycles. The number of rotatable bonds is 9. The Morgan fingerprint density at radius 2 is 1.21 bits per heavy atom. The fraction of sp³-hybridized carbons (Fsp3) is 0.417. The third kappa shape index (κ3) is 5.81. The highest BCUT2D eigenvalue weighted by atomic mass is 16.5. The Kier molecular flexibility index (Phi) is 8.02. The molecule has 2 fully saturated rings. The summed E-state index contributed by atoms with van der Waals surface area (Å²) in [6.07, 6.45) is 5.01. The van der Waals surface area contributed by atoms with Gasteiger partial charge in [0.15, 0.2) is 0 Å². The van der Waals surface area contributed by atoms with E-state index >= 15 is 0 Å². The number of carbonyl (C=O) groups excluding carboxylic acids is 6. The van der Waals surface area contributed by atoms with Crippen LogP contribution < -0.4 is 10.6 Å². The van der Waals surface area contributed by atoms with E-state index in [4.69, 9.17) is 18.3 Å². The Morgan fingerprint density at radius 3 is 1.55 bits per heavy atom. The van der Waals surface area contributed by atoms with Crippen LogP contribution in [0.3, 0.4) is 0 Å². The van der Waals surface area contributed by atoms with Crippen molar-refractivity contribution in [1.29, 1.82) is 0 Å². The third-order valence-electron chi connectivity index (χ3n) is 6.59. The van der Waals surface area contributed by atoms with Crippen LogP contribution in [0.1, 0.15) is 34.6 Å². The summed E-state index contributed by atoms with van der Waals surface area (Å²) in [5.41, 5.74) is 0.326. The van der Waals surface area contributed by atoms with E-state index in [-0.39, 0.29) is 37.4 Å². The summed E-state index contributed by atoms with van der Waals surface area (Å²) in [4.78, 5) is 77.5. The van der Waals surface area contributed by atoms with Gasteiger partial charge in [0.25, 0.3) is 0 Å². The second-order valence-corrected chi connectivity index (χ2v) is 8.90. The zero-order valence-electron chi connectivity index (χ0n) is 20.6. The van der Waals surface area contributed by atoms with Crippen LogP contribution in [0.15, 0.2) is 46.0 Å². The minimum Gasteiger partial charge on any atom is -0.472 e. The van der Waals surface area contributed by atoms with Crippen LogP contribution in [0.5, 0.6) is 0 Å². The molecule has 14 heteroatoms. The lowest BCUT2D eigenvalue weighted by Gasteiger charge is -2.45. The topological polar surface area (TPSA) is 178 Å². The van der Waals surface area contributed by atoms with Crippen LogP contribution in [-0.4, -0.2) is 95.8 Å². The molecule has 2 N–H and O–H groups in total. The molecule has 14 nitrogen and oxygen atoms in total. The van der Waals surface area contributed by atoms with Gasteiger partial charge < -0.3 is 18.3 Å². The van der Waals surface area contributed by atoms with E-state index in [1.165, 1.54) is 37.2 Å². The number of hydrogen-bond donors (Lipinski definition) is 2. The molecule has 4 amide bonds. The van der Waals surface area contributed by atoms with Gasteiger partial charge in [-0.3, -0.25) is 39.6 Å². The second-order valence-electron chi connectivity index (χ2n) is 8.90. The molecular formula is C24H26N4O10. The maximum absolute atomic E-state index is 12.7. The molecule has 2 aliphatic rings. The molecule has 0 radical (unpaired) electrons. The molecule has 0 spiro atoms. The van der Waals surface area contributed by atoms with Gasteiger partial charge in [0, 0.05) is 12.1 Å². The Labute approximate surface area is 216 Å². The smallest absolute Gasteiger partial charge is 0.341 e. The van der Waals surface area contributed by atoms with E-state index < -0.39 is 59.7 Å². The van der Waals surface area contributed by atoms with E-state index in [1.54, 1.807) is 23.6 Å². The molecule has 2 aromatic rings. The first-order valence-electron chi connectivity index (χ1n) is 11.7. The van der Waals surface area contributed by atoms with Crippen molar-refractivity contribution in [1.82, 2.24) is 20.4 Å². The first kappa shape index (κ1) is 26.8. The van der Waals surface area contributed by atoms with Gasteiger partial charge in [0.2, 0.25) is 23.6 Å². The monoisotopic (exact) mass is 530 g/mol. The average Bonchev–Trinajstić information content (AvgIpc) is 3.60. The zero-order chi connectivity index (χ0) is 27.4. The van der Waals surface area contributed by atoms with E-state index in [9.17, 15) is 28.8 Å². The van der Waals surface area contributed by atoms with Crippen molar-refractivity contribution in [2.75, 3.05) is 26.3 Å². The maximum atomic E-state index is 12.7. The van der Waals surface area contributed by atoms with E-state index in [0.717, 1.165) is 0 Å². The largest absolute Gasteiger partial charge is 0.472 e. The van der Waals surface area contributed by atoms with Gasteiger partial charge in [-0.15, -0.1) is 0 Å². The van der Waals surface area contributed by atoms with Crippen LogP contribution >= 0.6 is 0 Å². The van der Waals surface area contributed by atoms with E-state index in [0.29, 0.717) is 0 Å². The van der Waals surface area contributed by atoms with Crippen LogP contribution in [-0.2, 0) is 28.7 Å². The van der Waals surface area contributed by atoms with Gasteiger partial charge in [-0.1, -0.05) is 0 Å². The van der Waals surface area contributed by atoms with E-state index in [1.807, 2.05) is 0 Å². The highest BCUT2D eigenvalue weighted by molar-refractivity contribution is 6.02. The average molecular weight is 530 g/mol. The second kappa shape index (κ2) is 11.4. The molecule has 4 atom stereocenters. The van der Waals surface area contributed by atoms with Crippen LogP contribution in [0.2, 0.25) is 0 Å². The van der Waals surface area contributed by atoms with Crippen molar-refractivity contribution < 1.29 is 47.1 Å². The quantitative estimate of drug-likeness (QED) is 0.309. The molecule has 2 aromatic heterocycles. The molecule has 0 aliphatic carbocycles. The Morgan fingerprint density at radius 1 is 0.816 bits per heavy atom. The van der Waals surface area contributed by atoms with Gasteiger partial charge in [0.05, 0.1) is 36.7 Å². The number of imide groups is 2. The lowest BCUT2D eigenvalue weighted by atomic mass is 10.0. The highest BCUT2D eigenvalue weighted by Crippen LogP contribution is 2.21. The number of nitrogens with one attached hydrogen (secondary N) is 2. The number of amides is 4. The van der Waals surface area contributed by atoms with Gasteiger partial charge in [-0.2, -0.15) is 0 Å². The van der Waals surface area contributed by atoms with Gasteiger partial charge in [0.1, 0.15) is 37.8 Å². The molecule has 0 bridgehead atoms. The Balaban J connectivity index is 1.48. The summed E-state index contributed by atoms with van der Waals surface area (Å²) in [5.74, 6) is -3.82. The van der Waals surface area contributed by atoms with Gasteiger partial charge in [-0.05, 0) is 26.0 Å². The zero-order valence-corrected chi connectivity index (χ0v) is 20.6. The number of carbonyl (C=O) groups is 6. The predicted octanol–water partition coefficient (Wildman–Crippen LogP) is -0.683. The van der Waals surface area contributed by atoms with Crippen LogP contribution in [0, 0.1) is 0 Å². The molecule has 2 saturated heterocycles. The van der Waals surface area contributed by atoms with Crippen molar-refractivity contribution >= 4 is 35.6 Å². The van der Waals surface area contributed by atoms with Crippen molar-refractivity contribution in [2.45, 2.75) is 38.0 Å². The van der Waals surface area contributed by atoms with Crippen LogP contribution in [0.25, 0.3) is 0 Å². The van der Waals surface area contributed by atoms with Gasteiger partial charge in [-0.25, -0.2) is 9.59 Å². The maximum Gasteiger partial charge on any atom is 0.341 e.